The predicted molar refractivity (Wildman–Crippen MR) is 113 cm³/mol. The minimum absolute atomic E-state index is 0.0742. The van der Waals surface area contributed by atoms with Gasteiger partial charge in [0.2, 0.25) is 10.0 Å². The maximum absolute atomic E-state index is 12.7. The van der Waals surface area contributed by atoms with Crippen LogP contribution in [0.3, 0.4) is 0 Å². The Morgan fingerprint density at radius 1 is 1.17 bits per heavy atom. The van der Waals surface area contributed by atoms with Crippen molar-refractivity contribution in [1.29, 1.82) is 0 Å². The fourth-order valence-electron chi connectivity index (χ4n) is 3.78. The Morgan fingerprint density at radius 2 is 1.90 bits per heavy atom. The number of nitrogens with zero attached hydrogens (tertiary/aromatic N) is 1. The number of hydrogen-bond acceptors (Lipinski definition) is 4. The topological polar surface area (TPSA) is 75.7 Å². The van der Waals surface area contributed by atoms with Crippen LogP contribution in [0.25, 0.3) is 0 Å². The summed E-state index contributed by atoms with van der Waals surface area (Å²) in [7, 11) is -3.46. The van der Waals surface area contributed by atoms with Crippen LogP contribution < -0.4 is 10.1 Å². The second-order valence-electron chi connectivity index (χ2n) is 8.05. The first-order chi connectivity index (χ1) is 13.9. The van der Waals surface area contributed by atoms with E-state index < -0.39 is 10.0 Å². The average molecular weight is 421 g/mol. The number of sulfonamides is 1. The molecule has 1 aromatic carbocycles. The number of rotatable bonds is 8. The Morgan fingerprint density at radius 3 is 2.55 bits per heavy atom. The molecule has 1 amide bonds. The number of allylic oxidation sites excluding steroid dienone is 1. The number of amides is 1. The molecule has 1 aliphatic carbocycles. The zero-order chi connectivity index (χ0) is 20.7. The van der Waals surface area contributed by atoms with Crippen molar-refractivity contribution in [2.75, 3.05) is 26.2 Å². The highest BCUT2D eigenvalue weighted by Crippen LogP contribution is 2.25. The van der Waals surface area contributed by atoms with Crippen molar-refractivity contribution in [3.8, 4) is 5.75 Å². The van der Waals surface area contributed by atoms with E-state index in [1.165, 1.54) is 18.4 Å². The molecule has 1 aliphatic heterocycles. The van der Waals surface area contributed by atoms with Gasteiger partial charge in [-0.15, -0.1) is 0 Å². The highest BCUT2D eigenvalue weighted by atomic mass is 32.2. The van der Waals surface area contributed by atoms with Crippen molar-refractivity contribution in [2.45, 2.75) is 56.8 Å². The molecule has 1 aromatic rings. The molecule has 6 nitrogen and oxygen atoms in total. The normalized spacial score (nSPS) is 18.9. The molecular weight excluding hydrogens is 388 g/mol. The maximum atomic E-state index is 12.7. The molecule has 0 bridgehead atoms. The molecule has 1 saturated heterocycles. The molecule has 0 atom stereocenters. The van der Waals surface area contributed by atoms with Gasteiger partial charge in [-0.1, -0.05) is 18.6 Å². The number of benzene rings is 1. The molecule has 7 heteroatoms. The minimum atomic E-state index is -3.46. The van der Waals surface area contributed by atoms with E-state index in [9.17, 15) is 13.2 Å². The molecule has 0 radical (unpaired) electrons. The van der Waals surface area contributed by atoms with E-state index in [0.29, 0.717) is 31.3 Å². The van der Waals surface area contributed by atoms with Gasteiger partial charge in [0, 0.05) is 19.6 Å². The summed E-state index contributed by atoms with van der Waals surface area (Å²) < 4.78 is 32.5. The summed E-state index contributed by atoms with van der Waals surface area (Å²) in [5, 5.41) is 2.88. The molecule has 3 rings (SSSR count). The second-order valence-corrected chi connectivity index (χ2v) is 9.99. The number of piperidine rings is 1. The summed E-state index contributed by atoms with van der Waals surface area (Å²) in [6, 6.07) is 6.32. The van der Waals surface area contributed by atoms with E-state index in [2.05, 4.69) is 18.3 Å². The van der Waals surface area contributed by atoms with Gasteiger partial charge in [0.05, 0.1) is 4.90 Å². The first-order valence-electron chi connectivity index (χ1n) is 10.6. The molecule has 0 spiro atoms. The molecule has 0 unspecified atom stereocenters. The Kier molecular flexibility index (Phi) is 7.72. The number of hydrogen-bond donors (Lipinski definition) is 1. The third kappa shape index (κ3) is 6.31. The van der Waals surface area contributed by atoms with E-state index in [0.717, 1.165) is 32.1 Å². The van der Waals surface area contributed by atoms with Crippen LogP contribution in [0.2, 0.25) is 0 Å². The van der Waals surface area contributed by atoms with Gasteiger partial charge in [-0.25, -0.2) is 8.42 Å². The zero-order valence-electron chi connectivity index (χ0n) is 17.2. The van der Waals surface area contributed by atoms with Crippen LogP contribution in [0.1, 0.15) is 51.9 Å². The summed E-state index contributed by atoms with van der Waals surface area (Å²) >= 11 is 0. The maximum Gasteiger partial charge on any atom is 0.257 e. The second kappa shape index (κ2) is 10.3. The van der Waals surface area contributed by atoms with Gasteiger partial charge in [-0.2, -0.15) is 4.31 Å². The van der Waals surface area contributed by atoms with Crippen molar-refractivity contribution in [3.05, 3.63) is 35.9 Å². The molecule has 1 heterocycles. The van der Waals surface area contributed by atoms with Crippen LogP contribution in [-0.2, 0) is 14.8 Å². The zero-order valence-corrected chi connectivity index (χ0v) is 18.0. The Balaban J connectivity index is 1.44. The van der Waals surface area contributed by atoms with Crippen LogP contribution in [-0.4, -0.2) is 44.9 Å². The quantitative estimate of drug-likeness (QED) is 0.653. The van der Waals surface area contributed by atoms with Crippen molar-refractivity contribution < 1.29 is 17.9 Å². The van der Waals surface area contributed by atoms with Crippen LogP contribution in [0.5, 0.6) is 5.75 Å². The Labute approximate surface area is 174 Å². The molecule has 29 heavy (non-hydrogen) atoms. The van der Waals surface area contributed by atoms with Crippen LogP contribution in [0, 0.1) is 5.92 Å². The largest absolute Gasteiger partial charge is 0.484 e. The number of nitrogens with one attached hydrogen (secondary N) is 1. The molecule has 1 N–H and O–H groups in total. The highest BCUT2D eigenvalue weighted by molar-refractivity contribution is 7.89. The molecule has 0 aromatic heterocycles. The smallest absolute Gasteiger partial charge is 0.257 e. The SMILES string of the molecule is CC1CCN(S(=O)(=O)c2ccc(OCC(=O)NCCC3=CCCCC3)cc2)CC1. The summed E-state index contributed by atoms with van der Waals surface area (Å²) in [5.74, 6) is 0.893. The van der Waals surface area contributed by atoms with Crippen LogP contribution in [0.4, 0.5) is 0 Å². The van der Waals surface area contributed by atoms with Gasteiger partial charge in [-0.3, -0.25) is 4.79 Å². The van der Waals surface area contributed by atoms with Gasteiger partial charge >= 0.3 is 0 Å². The van der Waals surface area contributed by atoms with E-state index in [-0.39, 0.29) is 17.4 Å². The van der Waals surface area contributed by atoms with E-state index in [1.807, 2.05) is 0 Å². The van der Waals surface area contributed by atoms with Crippen molar-refractivity contribution >= 4 is 15.9 Å². The monoisotopic (exact) mass is 420 g/mol. The number of ether oxygens (including phenoxy) is 1. The van der Waals surface area contributed by atoms with Gasteiger partial charge in [0.25, 0.3) is 5.91 Å². The molecule has 2 aliphatic rings. The lowest BCUT2D eigenvalue weighted by molar-refractivity contribution is -0.123. The van der Waals surface area contributed by atoms with Crippen LogP contribution >= 0.6 is 0 Å². The third-order valence-electron chi connectivity index (χ3n) is 5.73. The van der Waals surface area contributed by atoms with Gasteiger partial charge in [0.1, 0.15) is 5.75 Å². The van der Waals surface area contributed by atoms with Crippen molar-refractivity contribution in [1.82, 2.24) is 9.62 Å². The predicted octanol–water partition coefficient (Wildman–Crippen LogP) is 3.49. The van der Waals surface area contributed by atoms with Gasteiger partial charge < -0.3 is 10.1 Å². The number of carbonyl (C=O) groups is 1. The molecule has 0 saturated carbocycles. The number of carbonyl (C=O) groups excluding carboxylic acids is 1. The standard InChI is InChI=1S/C22H32N2O4S/c1-18-12-15-24(16-13-18)29(26,27)21-9-7-20(8-10-21)28-17-22(25)23-14-11-19-5-3-2-4-6-19/h5,7-10,18H,2-4,6,11-17H2,1H3,(H,23,25). The van der Waals surface area contributed by atoms with Crippen LogP contribution in [0.15, 0.2) is 40.8 Å². The first-order valence-corrected chi connectivity index (χ1v) is 12.1. The van der Waals surface area contributed by atoms with Gasteiger partial charge in [0.15, 0.2) is 6.61 Å². The Bertz CT molecular complexity index is 810. The van der Waals surface area contributed by atoms with Crippen molar-refractivity contribution in [2.24, 2.45) is 5.92 Å². The first kappa shape index (κ1) is 21.8. The fraction of sp³-hybridized carbons (Fsp3) is 0.591. The Hall–Kier alpha value is -1.86. The highest BCUT2D eigenvalue weighted by Gasteiger charge is 2.27. The fourth-order valence-corrected chi connectivity index (χ4v) is 5.25. The molecule has 1 fully saturated rings. The summed E-state index contributed by atoms with van der Waals surface area (Å²) in [6.45, 7) is 3.84. The van der Waals surface area contributed by atoms with Gasteiger partial charge in [-0.05, 0) is 75.1 Å². The summed E-state index contributed by atoms with van der Waals surface area (Å²) in [5.41, 5.74) is 1.43. The van der Waals surface area contributed by atoms with E-state index >= 15 is 0 Å². The summed E-state index contributed by atoms with van der Waals surface area (Å²) in [4.78, 5) is 12.2. The molecular formula is C22H32N2O4S. The minimum Gasteiger partial charge on any atom is -0.484 e. The third-order valence-corrected chi connectivity index (χ3v) is 7.64. The lowest BCUT2D eigenvalue weighted by atomic mass is 9.97. The lowest BCUT2D eigenvalue weighted by Gasteiger charge is -2.29. The van der Waals surface area contributed by atoms with E-state index in [1.54, 1.807) is 28.6 Å². The van der Waals surface area contributed by atoms with E-state index in [4.69, 9.17) is 4.74 Å². The average Bonchev–Trinajstić information content (AvgIpc) is 2.74. The lowest BCUT2D eigenvalue weighted by Crippen LogP contribution is -2.37. The van der Waals surface area contributed by atoms with Crippen molar-refractivity contribution in [3.63, 3.8) is 0 Å². The summed E-state index contributed by atoms with van der Waals surface area (Å²) in [6.07, 6.45) is 9.76. The molecule has 160 valence electrons.